The molecule has 0 saturated heterocycles. The second-order valence-electron chi connectivity index (χ2n) is 4.41. The third kappa shape index (κ3) is 3.63. The van der Waals surface area contributed by atoms with Crippen LogP contribution in [0.3, 0.4) is 0 Å². The molecule has 0 aliphatic rings. The number of halogens is 1. The molecule has 0 spiro atoms. The zero-order valence-electron chi connectivity index (χ0n) is 10.6. The average Bonchev–Trinajstić information content (AvgIpc) is 2.37. The molecule has 2 aromatic carbocycles. The number of benzene rings is 2. The Balaban J connectivity index is 2.02. The average molecular weight is 278 g/mol. The number of aliphatic hydroxyl groups is 1. The van der Waals surface area contributed by atoms with E-state index in [1.165, 1.54) is 0 Å². The molecule has 0 bridgehead atoms. The van der Waals surface area contributed by atoms with Gasteiger partial charge >= 0.3 is 0 Å². The Morgan fingerprint density at radius 3 is 2.74 bits per heavy atom. The van der Waals surface area contributed by atoms with Crippen molar-refractivity contribution in [3.63, 3.8) is 0 Å². The van der Waals surface area contributed by atoms with Crippen molar-refractivity contribution in [3.8, 4) is 5.75 Å². The maximum atomic E-state index is 10.0. The van der Waals surface area contributed by atoms with Gasteiger partial charge in [0, 0.05) is 10.7 Å². The summed E-state index contributed by atoms with van der Waals surface area (Å²) in [7, 11) is 0. The lowest BCUT2D eigenvalue weighted by molar-refractivity contribution is 0.108. The molecular formula is C15H16ClNO2. The molecule has 1 atom stereocenters. The highest BCUT2D eigenvalue weighted by Gasteiger charge is 2.09. The number of ether oxygens (including phenoxy) is 1. The molecule has 3 nitrogen and oxygen atoms in total. The zero-order valence-corrected chi connectivity index (χ0v) is 11.4. The number of nitrogen functional groups attached to an aromatic ring is 1. The van der Waals surface area contributed by atoms with E-state index in [0.717, 1.165) is 11.1 Å². The molecule has 1 unspecified atom stereocenters. The van der Waals surface area contributed by atoms with Crippen molar-refractivity contribution in [2.75, 3.05) is 12.3 Å². The summed E-state index contributed by atoms with van der Waals surface area (Å²) < 4.78 is 5.60. The fourth-order valence-electron chi connectivity index (χ4n) is 1.81. The summed E-state index contributed by atoms with van der Waals surface area (Å²) in [6.45, 7) is 2.08. The number of hydrogen-bond donors (Lipinski definition) is 2. The number of nitrogens with two attached hydrogens (primary N) is 1. The number of aryl methyl sites for hydroxylation is 1. The molecular weight excluding hydrogens is 262 g/mol. The Kier molecular flexibility index (Phi) is 4.30. The van der Waals surface area contributed by atoms with Gasteiger partial charge in [0.15, 0.2) is 0 Å². The van der Waals surface area contributed by atoms with Crippen molar-refractivity contribution in [3.05, 3.63) is 58.6 Å². The third-order valence-electron chi connectivity index (χ3n) is 2.83. The summed E-state index contributed by atoms with van der Waals surface area (Å²) in [5.41, 5.74) is 7.98. The highest BCUT2D eigenvalue weighted by atomic mass is 35.5. The van der Waals surface area contributed by atoms with Crippen molar-refractivity contribution < 1.29 is 9.84 Å². The van der Waals surface area contributed by atoms with E-state index in [2.05, 4.69) is 0 Å². The molecule has 2 rings (SSSR count). The molecule has 0 saturated carbocycles. The van der Waals surface area contributed by atoms with Gasteiger partial charge in [0.2, 0.25) is 0 Å². The van der Waals surface area contributed by atoms with Crippen molar-refractivity contribution >= 4 is 17.3 Å². The smallest absolute Gasteiger partial charge is 0.122 e. The van der Waals surface area contributed by atoms with E-state index < -0.39 is 6.10 Å². The maximum absolute atomic E-state index is 10.0. The lowest BCUT2D eigenvalue weighted by Crippen LogP contribution is -2.10. The first kappa shape index (κ1) is 13.7. The Morgan fingerprint density at radius 2 is 2.05 bits per heavy atom. The fourth-order valence-corrected chi connectivity index (χ4v) is 2.03. The first-order valence-electron chi connectivity index (χ1n) is 5.98. The Morgan fingerprint density at radius 1 is 1.26 bits per heavy atom. The highest BCUT2D eigenvalue weighted by molar-refractivity contribution is 6.30. The first-order chi connectivity index (χ1) is 9.06. The van der Waals surface area contributed by atoms with Crippen LogP contribution in [0.2, 0.25) is 5.02 Å². The summed E-state index contributed by atoms with van der Waals surface area (Å²) in [5, 5.41) is 10.7. The largest absolute Gasteiger partial charge is 0.490 e. The van der Waals surface area contributed by atoms with E-state index in [4.69, 9.17) is 22.1 Å². The predicted molar refractivity (Wildman–Crippen MR) is 77.5 cm³/mol. The van der Waals surface area contributed by atoms with Gasteiger partial charge in [-0.1, -0.05) is 23.7 Å². The zero-order chi connectivity index (χ0) is 13.8. The Hall–Kier alpha value is -1.71. The van der Waals surface area contributed by atoms with E-state index in [1.54, 1.807) is 30.3 Å². The minimum atomic E-state index is -0.710. The van der Waals surface area contributed by atoms with Crippen LogP contribution in [0.15, 0.2) is 42.5 Å². The lowest BCUT2D eigenvalue weighted by Gasteiger charge is -2.14. The quantitative estimate of drug-likeness (QED) is 0.843. The summed E-state index contributed by atoms with van der Waals surface area (Å²) >= 11 is 5.87. The summed E-state index contributed by atoms with van der Waals surface area (Å²) in [6.07, 6.45) is -0.710. The van der Waals surface area contributed by atoms with E-state index >= 15 is 0 Å². The standard InChI is InChI=1S/C15H16ClNO2/c1-10-7-12(16)5-6-15(10)19-9-14(18)11-3-2-4-13(17)8-11/h2-8,14,18H,9,17H2,1H3. The third-order valence-corrected chi connectivity index (χ3v) is 3.06. The summed E-state index contributed by atoms with van der Waals surface area (Å²) in [5.74, 6) is 0.715. The topological polar surface area (TPSA) is 55.5 Å². The number of aliphatic hydroxyl groups excluding tert-OH is 1. The molecule has 0 heterocycles. The van der Waals surface area contributed by atoms with Gasteiger partial charge in [-0.05, 0) is 48.4 Å². The van der Waals surface area contributed by atoms with E-state index in [0.29, 0.717) is 16.5 Å². The van der Waals surface area contributed by atoms with E-state index in [-0.39, 0.29) is 6.61 Å². The van der Waals surface area contributed by atoms with Crippen LogP contribution in [-0.4, -0.2) is 11.7 Å². The molecule has 0 aliphatic heterocycles. The SMILES string of the molecule is Cc1cc(Cl)ccc1OCC(O)c1cccc(N)c1. The Labute approximate surface area is 117 Å². The molecule has 0 aromatic heterocycles. The van der Waals surface area contributed by atoms with Crippen molar-refractivity contribution in [1.29, 1.82) is 0 Å². The van der Waals surface area contributed by atoms with Crippen molar-refractivity contribution in [1.82, 2.24) is 0 Å². The van der Waals surface area contributed by atoms with Crippen LogP contribution in [-0.2, 0) is 0 Å². The van der Waals surface area contributed by atoms with E-state index in [9.17, 15) is 5.11 Å². The normalized spacial score (nSPS) is 12.2. The van der Waals surface area contributed by atoms with Crippen molar-refractivity contribution in [2.45, 2.75) is 13.0 Å². The minimum Gasteiger partial charge on any atom is -0.490 e. The second-order valence-corrected chi connectivity index (χ2v) is 4.84. The molecule has 0 aliphatic carbocycles. The molecule has 0 fully saturated rings. The van der Waals surface area contributed by atoms with E-state index in [1.807, 2.05) is 19.1 Å². The maximum Gasteiger partial charge on any atom is 0.122 e. The molecule has 3 N–H and O–H groups in total. The summed E-state index contributed by atoms with van der Waals surface area (Å²) in [6, 6.07) is 12.5. The van der Waals surface area contributed by atoms with Gasteiger partial charge in [0.1, 0.15) is 18.5 Å². The van der Waals surface area contributed by atoms with Gasteiger partial charge in [0.05, 0.1) is 0 Å². The number of anilines is 1. The van der Waals surface area contributed by atoms with Gasteiger partial charge in [-0.15, -0.1) is 0 Å². The van der Waals surface area contributed by atoms with Crippen LogP contribution in [0, 0.1) is 6.92 Å². The van der Waals surface area contributed by atoms with Crippen molar-refractivity contribution in [2.24, 2.45) is 0 Å². The van der Waals surface area contributed by atoms with Gasteiger partial charge in [0.25, 0.3) is 0 Å². The fraction of sp³-hybridized carbons (Fsp3) is 0.200. The first-order valence-corrected chi connectivity index (χ1v) is 6.36. The molecule has 19 heavy (non-hydrogen) atoms. The summed E-state index contributed by atoms with van der Waals surface area (Å²) in [4.78, 5) is 0. The molecule has 2 aromatic rings. The Bertz CT molecular complexity index is 572. The minimum absolute atomic E-state index is 0.173. The van der Waals surface area contributed by atoms with Gasteiger partial charge in [-0.3, -0.25) is 0 Å². The van der Waals surface area contributed by atoms with Gasteiger partial charge in [-0.2, -0.15) is 0 Å². The van der Waals surface area contributed by atoms with Crippen LogP contribution >= 0.6 is 11.6 Å². The van der Waals surface area contributed by atoms with Crippen LogP contribution < -0.4 is 10.5 Å². The molecule has 4 heteroatoms. The number of hydrogen-bond acceptors (Lipinski definition) is 3. The molecule has 0 radical (unpaired) electrons. The molecule has 100 valence electrons. The van der Waals surface area contributed by atoms with Crippen LogP contribution in [0.5, 0.6) is 5.75 Å². The van der Waals surface area contributed by atoms with Gasteiger partial charge in [-0.25, -0.2) is 0 Å². The molecule has 0 amide bonds. The van der Waals surface area contributed by atoms with Gasteiger partial charge < -0.3 is 15.6 Å². The second kappa shape index (κ2) is 5.95. The monoisotopic (exact) mass is 277 g/mol. The number of rotatable bonds is 4. The lowest BCUT2D eigenvalue weighted by atomic mass is 10.1. The van der Waals surface area contributed by atoms with Crippen LogP contribution in [0.4, 0.5) is 5.69 Å². The highest BCUT2D eigenvalue weighted by Crippen LogP contribution is 2.23. The van der Waals surface area contributed by atoms with Crippen LogP contribution in [0.1, 0.15) is 17.2 Å². The van der Waals surface area contributed by atoms with Crippen LogP contribution in [0.25, 0.3) is 0 Å². The predicted octanol–water partition coefficient (Wildman–Crippen LogP) is 3.34.